The van der Waals surface area contributed by atoms with E-state index in [-0.39, 0.29) is 5.84 Å². The monoisotopic (exact) mass is 379 g/mol. The molecule has 0 bridgehead atoms. The molecule has 7 nitrogen and oxygen atoms in total. The van der Waals surface area contributed by atoms with Crippen molar-refractivity contribution in [1.82, 2.24) is 9.78 Å². The Balaban J connectivity index is 2.12. The normalized spacial score (nSPS) is 13.0. The Labute approximate surface area is 142 Å². The molecule has 0 amide bonds. The maximum Gasteiger partial charge on any atom is 0.359 e. The van der Waals surface area contributed by atoms with Gasteiger partial charge in [0.2, 0.25) is 0 Å². The third-order valence-electron chi connectivity index (χ3n) is 3.48. The largest absolute Gasteiger partial charge is 0.398 e. The van der Waals surface area contributed by atoms with Gasteiger partial charge in [-0.1, -0.05) is 17.3 Å². The van der Waals surface area contributed by atoms with E-state index in [1.54, 1.807) is 31.3 Å². The smallest absolute Gasteiger partial charge is 0.359 e. The number of nitrogen functional groups attached to an aromatic ring is 1. The van der Waals surface area contributed by atoms with Crippen molar-refractivity contribution in [3.05, 3.63) is 45.7 Å². The summed E-state index contributed by atoms with van der Waals surface area (Å²) in [5, 5.41) is 7.92. The number of nitrogens with zero attached hydrogens (tertiary/aromatic N) is 3. The molecule has 4 N–H and O–H groups in total. The number of oxime groups is 1. The number of amidine groups is 1. The molecule has 0 aliphatic heterocycles. The number of halogens is 1. The van der Waals surface area contributed by atoms with Crippen LogP contribution < -0.4 is 11.5 Å². The molecule has 122 valence electrons. The molecule has 2 rings (SSSR count). The van der Waals surface area contributed by atoms with Crippen LogP contribution in [0.3, 0.4) is 0 Å². The van der Waals surface area contributed by atoms with Crippen molar-refractivity contribution in [3.8, 4) is 0 Å². The molecule has 23 heavy (non-hydrogen) atoms. The third kappa shape index (κ3) is 3.70. The number of anilines is 1. The molecule has 0 aliphatic rings. The molecule has 0 fully saturated rings. The summed E-state index contributed by atoms with van der Waals surface area (Å²) in [6.07, 6.45) is 1.70. The van der Waals surface area contributed by atoms with Crippen LogP contribution in [0.2, 0.25) is 0 Å². The molecule has 0 saturated heterocycles. The molecular formula is C15H18BrN5O2. The Morgan fingerprint density at radius 1 is 1.43 bits per heavy atom. The molecule has 0 spiro atoms. The summed E-state index contributed by atoms with van der Waals surface area (Å²) in [6.45, 7) is 5.32. The van der Waals surface area contributed by atoms with Crippen molar-refractivity contribution in [2.24, 2.45) is 10.9 Å². The lowest BCUT2D eigenvalue weighted by molar-refractivity contribution is -0.147. The van der Waals surface area contributed by atoms with Crippen molar-refractivity contribution in [2.45, 2.75) is 26.8 Å². The van der Waals surface area contributed by atoms with Gasteiger partial charge in [0.1, 0.15) is 6.04 Å². The van der Waals surface area contributed by atoms with E-state index in [1.807, 2.05) is 13.8 Å². The first kappa shape index (κ1) is 17.0. The number of carbonyl (C=O) groups is 1. The SMILES string of the molecule is Cc1nn(C(C)C(=O)O/N=C(\N)c2cccc(N)c2C)cc1Br. The maximum atomic E-state index is 12.1. The average Bonchev–Trinajstić information content (AvgIpc) is 2.86. The summed E-state index contributed by atoms with van der Waals surface area (Å²) in [5.41, 5.74) is 14.5. The number of benzene rings is 1. The Morgan fingerprint density at radius 3 is 2.74 bits per heavy atom. The zero-order valence-electron chi connectivity index (χ0n) is 13.1. The van der Waals surface area contributed by atoms with Crippen molar-refractivity contribution in [2.75, 3.05) is 5.73 Å². The Morgan fingerprint density at radius 2 is 2.13 bits per heavy atom. The Kier molecular flexibility index (Phi) is 5.05. The van der Waals surface area contributed by atoms with Crippen LogP contribution >= 0.6 is 15.9 Å². The van der Waals surface area contributed by atoms with Crippen LogP contribution in [-0.4, -0.2) is 21.6 Å². The molecule has 0 radical (unpaired) electrons. The maximum absolute atomic E-state index is 12.1. The average molecular weight is 380 g/mol. The van der Waals surface area contributed by atoms with Crippen molar-refractivity contribution < 1.29 is 9.63 Å². The standard InChI is InChI=1S/C15H18BrN5O2/c1-8-11(5-4-6-13(8)17)14(18)20-23-15(22)10(3)21-7-12(16)9(2)19-21/h4-7,10H,17H2,1-3H3,(H2,18,20). The van der Waals surface area contributed by atoms with E-state index in [4.69, 9.17) is 16.3 Å². The second kappa shape index (κ2) is 6.82. The van der Waals surface area contributed by atoms with E-state index in [0.717, 1.165) is 15.7 Å². The first-order valence-corrected chi connectivity index (χ1v) is 7.71. The summed E-state index contributed by atoms with van der Waals surface area (Å²) in [6, 6.07) is 4.65. The molecule has 2 aromatic rings. The summed E-state index contributed by atoms with van der Waals surface area (Å²) in [4.78, 5) is 17.0. The van der Waals surface area contributed by atoms with E-state index < -0.39 is 12.0 Å². The summed E-state index contributed by atoms with van der Waals surface area (Å²) < 4.78 is 2.31. The molecule has 8 heteroatoms. The highest BCUT2D eigenvalue weighted by Gasteiger charge is 2.19. The van der Waals surface area contributed by atoms with Gasteiger partial charge in [0.15, 0.2) is 5.84 Å². The van der Waals surface area contributed by atoms with Crippen LogP contribution in [0, 0.1) is 13.8 Å². The number of aromatic nitrogens is 2. The van der Waals surface area contributed by atoms with E-state index in [9.17, 15) is 4.79 Å². The first-order chi connectivity index (χ1) is 10.8. The number of hydrogen-bond acceptors (Lipinski definition) is 5. The van der Waals surface area contributed by atoms with Crippen molar-refractivity contribution in [3.63, 3.8) is 0 Å². The molecule has 1 heterocycles. The van der Waals surface area contributed by atoms with Gasteiger partial charge in [0.25, 0.3) is 0 Å². The second-order valence-electron chi connectivity index (χ2n) is 5.13. The molecule has 1 atom stereocenters. The number of nitrogens with two attached hydrogens (primary N) is 2. The minimum absolute atomic E-state index is 0.0909. The fraction of sp³-hybridized carbons (Fsp3) is 0.267. The highest BCUT2D eigenvalue weighted by atomic mass is 79.9. The van der Waals surface area contributed by atoms with Crippen LogP contribution in [-0.2, 0) is 9.63 Å². The van der Waals surface area contributed by atoms with Gasteiger partial charge >= 0.3 is 5.97 Å². The predicted octanol–water partition coefficient (Wildman–Crippen LogP) is 2.27. The number of aryl methyl sites for hydroxylation is 1. The lowest BCUT2D eigenvalue weighted by Gasteiger charge is -2.10. The summed E-state index contributed by atoms with van der Waals surface area (Å²) in [7, 11) is 0. The van der Waals surface area contributed by atoms with Gasteiger partial charge in [-0.05, 0) is 48.3 Å². The summed E-state index contributed by atoms with van der Waals surface area (Å²) >= 11 is 3.35. The van der Waals surface area contributed by atoms with Gasteiger partial charge in [-0.3, -0.25) is 4.68 Å². The van der Waals surface area contributed by atoms with E-state index in [0.29, 0.717) is 11.3 Å². The fourth-order valence-electron chi connectivity index (χ4n) is 1.92. The Bertz CT molecular complexity index is 750. The molecule has 1 aromatic carbocycles. The second-order valence-corrected chi connectivity index (χ2v) is 5.98. The van der Waals surface area contributed by atoms with Crippen LogP contribution in [0.5, 0.6) is 0 Å². The van der Waals surface area contributed by atoms with Crippen molar-refractivity contribution >= 4 is 33.4 Å². The number of carbonyl (C=O) groups excluding carboxylic acids is 1. The van der Waals surface area contributed by atoms with Crippen LogP contribution in [0.4, 0.5) is 5.69 Å². The van der Waals surface area contributed by atoms with Gasteiger partial charge < -0.3 is 16.3 Å². The third-order valence-corrected chi connectivity index (χ3v) is 4.26. The molecule has 0 saturated carbocycles. The first-order valence-electron chi connectivity index (χ1n) is 6.92. The molecule has 1 aromatic heterocycles. The zero-order chi connectivity index (χ0) is 17.1. The molecule has 1 unspecified atom stereocenters. The Hall–Kier alpha value is -2.35. The fourth-order valence-corrected chi connectivity index (χ4v) is 2.21. The quantitative estimate of drug-likeness (QED) is 0.278. The summed E-state index contributed by atoms with van der Waals surface area (Å²) in [5.74, 6) is -0.474. The van der Waals surface area contributed by atoms with Crippen LogP contribution in [0.15, 0.2) is 34.0 Å². The number of rotatable bonds is 4. The topological polar surface area (TPSA) is 109 Å². The van der Waals surface area contributed by atoms with E-state index in [2.05, 4.69) is 26.2 Å². The van der Waals surface area contributed by atoms with Gasteiger partial charge in [-0.25, -0.2) is 4.79 Å². The highest BCUT2D eigenvalue weighted by Crippen LogP contribution is 2.18. The van der Waals surface area contributed by atoms with E-state index >= 15 is 0 Å². The van der Waals surface area contributed by atoms with E-state index in [1.165, 1.54) is 4.68 Å². The van der Waals surface area contributed by atoms with Gasteiger partial charge in [0.05, 0.1) is 10.2 Å². The highest BCUT2D eigenvalue weighted by molar-refractivity contribution is 9.10. The van der Waals surface area contributed by atoms with Crippen LogP contribution in [0.25, 0.3) is 0 Å². The van der Waals surface area contributed by atoms with Crippen molar-refractivity contribution in [1.29, 1.82) is 0 Å². The predicted molar refractivity (Wildman–Crippen MR) is 91.8 cm³/mol. The number of hydrogen-bond donors (Lipinski definition) is 2. The van der Waals surface area contributed by atoms with Crippen LogP contribution in [0.1, 0.15) is 29.8 Å². The van der Waals surface area contributed by atoms with Gasteiger partial charge in [-0.15, -0.1) is 0 Å². The lowest BCUT2D eigenvalue weighted by Crippen LogP contribution is -2.21. The minimum Gasteiger partial charge on any atom is -0.398 e. The van der Waals surface area contributed by atoms with Gasteiger partial charge in [-0.2, -0.15) is 5.10 Å². The minimum atomic E-state index is -0.626. The molecule has 0 aliphatic carbocycles. The lowest BCUT2D eigenvalue weighted by atomic mass is 10.1. The van der Waals surface area contributed by atoms with Gasteiger partial charge in [0, 0.05) is 17.4 Å². The molecular weight excluding hydrogens is 362 g/mol. The zero-order valence-corrected chi connectivity index (χ0v) is 14.7.